The number of fused-ring (bicyclic) bond motifs is 1. The lowest BCUT2D eigenvalue weighted by molar-refractivity contribution is -0.118. The summed E-state index contributed by atoms with van der Waals surface area (Å²) in [7, 11) is 0. The number of thiophene rings is 1. The third kappa shape index (κ3) is 4.16. The van der Waals surface area contributed by atoms with Gasteiger partial charge in [0.1, 0.15) is 10.7 Å². The molecule has 0 radical (unpaired) electrons. The van der Waals surface area contributed by atoms with Gasteiger partial charge < -0.3 is 5.73 Å². The van der Waals surface area contributed by atoms with E-state index in [9.17, 15) is 9.59 Å². The number of primary amides is 1. The predicted octanol–water partition coefficient (Wildman–Crippen LogP) is 4.98. The fourth-order valence-electron chi connectivity index (χ4n) is 3.96. The van der Waals surface area contributed by atoms with Gasteiger partial charge in [0, 0.05) is 29.5 Å². The summed E-state index contributed by atoms with van der Waals surface area (Å²) in [6.07, 6.45) is 0.718. The van der Waals surface area contributed by atoms with E-state index in [0.29, 0.717) is 24.2 Å². The predicted molar refractivity (Wildman–Crippen MR) is 127 cm³/mol. The van der Waals surface area contributed by atoms with Crippen LogP contribution < -0.4 is 11.3 Å². The second-order valence-corrected chi connectivity index (χ2v) is 8.84. The second kappa shape index (κ2) is 8.47. The topological polar surface area (TPSA) is 78.0 Å². The average molecular weight is 432 g/mol. The Balaban J connectivity index is 1.94. The molecular weight excluding hydrogens is 406 g/mol. The van der Waals surface area contributed by atoms with Gasteiger partial charge in [0.25, 0.3) is 5.56 Å². The molecule has 2 heterocycles. The number of benzene rings is 2. The zero-order chi connectivity index (χ0) is 22.1. The fourth-order valence-corrected chi connectivity index (χ4v) is 4.89. The lowest BCUT2D eigenvalue weighted by Gasteiger charge is -2.14. The Morgan fingerprint density at radius 3 is 2.55 bits per heavy atom. The van der Waals surface area contributed by atoms with Crippen molar-refractivity contribution in [3.05, 3.63) is 74.9 Å². The third-order valence-electron chi connectivity index (χ3n) is 5.45. The molecule has 0 unspecified atom stereocenters. The van der Waals surface area contributed by atoms with Gasteiger partial charge in [0.2, 0.25) is 5.91 Å². The summed E-state index contributed by atoms with van der Waals surface area (Å²) >= 11 is 1.49. The monoisotopic (exact) mass is 431 g/mol. The molecule has 0 saturated carbocycles. The van der Waals surface area contributed by atoms with E-state index in [1.807, 2.05) is 36.6 Å². The Morgan fingerprint density at radius 1 is 1.06 bits per heavy atom. The second-order valence-electron chi connectivity index (χ2n) is 7.98. The molecule has 0 bridgehead atoms. The zero-order valence-electron chi connectivity index (χ0n) is 17.9. The van der Waals surface area contributed by atoms with Crippen molar-refractivity contribution < 1.29 is 4.79 Å². The minimum atomic E-state index is -0.370. The number of rotatable bonds is 6. The molecule has 1 amide bonds. The van der Waals surface area contributed by atoms with Crippen LogP contribution in [0.25, 0.3) is 32.7 Å². The molecule has 0 atom stereocenters. The first-order valence-corrected chi connectivity index (χ1v) is 11.2. The number of hydrogen-bond acceptors (Lipinski definition) is 4. The van der Waals surface area contributed by atoms with Gasteiger partial charge in [-0.25, -0.2) is 4.98 Å². The van der Waals surface area contributed by atoms with Gasteiger partial charge in [-0.15, -0.1) is 11.3 Å². The first-order chi connectivity index (χ1) is 14.8. The molecule has 2 aromatic carbocycles. The van der Waals surface area contributed by atoms with Crippen LogP contribution in [0, 0.1) is 20.8 Å². The molecule has 0 fully saturated rings. The Hall–Kier alpha value is -3.25. The molecule has 2 aromatic heterocycles. The largest absolute Gasteiger partial charge is 0.370 e. The van der Waals surface area contributed by atoms with E-state index in [4.69, 9.17) is 10.7 Å². The average Bonchev–Trinajstić information content (AvgIpc) is 3.13. The van der Waals surface area contributed by atoms with Crippen molar-refractivity contribution in [2.45, 2.75) is 40.2 Å². The molecule has 31 heavy (non-hydrogen) atoms. The SMILES string of the molecule is Cc1cccc(-c2nc3scc(-c4ccc(C)cc4C)c3c(=O)n2CCCC(N)=O)c1. The number of aryl methyl sites for hydroxylation is 3. The van der Waals surface area contributed by atoms with E-state index in [1.54, 1.807) is 4.57 Å². The highest BCUT2D eigenvalue weighted by Gasteiger charge is 2.19. The number of nitrogens with two attached hydrogens (primary N) is 1. The molecule has 0 aliphatic carbocycles. The van der Waals surface area contributed by atoms with Crippen molar-refractivity contribution in [3.8, 4) is 22.5 Å². The Kier molecular flexibility index (Phi) is 5.74. The van der Waals surface area contributed by atoms with E-state index in [2.05, 4.69) is 32.0 Å². The summed E-state index contributed by atoms with van der Waals surface area (Å²) in [6.45, 7) is 6.52. The van der Waals surface area contributed by atoms with Crippen LogP contribution in [0.15, 0.2) is 52.6 Å². The standard InChI is InChI=1S/C25H25N3O2S/c1-15-6-4-7-18(13-15)23-27-24-22(25(30)28(23)11-5-8-21(26)29)20(14-31-24)19-10-9-16(2)12-17(19)3/h4,6-7,9-10,12-14H,5,8,11H2,1-3H3,(H2,26,29). The van der Waals surface area contributed by atoms with E-state index in [1.165, 1.54) is 16.9 Å². The van der Waals surface area contributed by atoms with Crippen LogP contribution in [0.1, 0.15) is 29.5 Å². The maximum Gasteiger partial charge on any atom is 0.263 e. The highest BCUT2D eigenvalue weighted by Crippen LogP contribution is 2.34. The molecule has 0 saturated heterocycles. The van der Waals surface area contributed by atoms with Gasteiger partial charge in [-0.2, -0.15) is 0 Å². The van der Waals surface area contributed by atoms with Crippen LogP contribution >= 0.6 is 11.3 Å². The fraction of sp³-hybridized carbons (Fsp3) is 0.240. The molecule has 6 heteroatoms. The maximum atomic E-state index is 13.7. The minimum Gasteiger partial charge on any atom is -0.370 e. The van der Waals surface area contributed by atoms with Gasteiger partial charge in [-0.05, 0) is 44.4 Å². The van der Waals surface area contributed by atoms with Gasteiger partial charge in [0.05, 0.1) is 5.39 Å². The molecule has 2 N–H and O–H groups in total. The van der Waals surface area contributed by atoms with Gasteiger partial charge in [0.15, 0.2) is 0 Å². The quantitative estimate of drug-likeness (QED) is 0.467. The highest BCUT2D eigenvalue weighted by atomic mass is 32.1. The number of carbonyl (C=O) groups excluding carboxylic acids is 1. The lowest BCUT2D eigenvalue weighted by atomic mass is 9.99. The number of nitrogens with zero attached hydrogens (tertiary/aromatic N) is 2. The molecule has 0 aliphatic heterocycles. The van der Waals surface area contributed by atoms with Gasteiger partial charge in [-0.3, -0.25) is 14.2 Å². The van der Waals surface area contributed by atoms with Crippen LogP contribution in [0.2, 0.25) is 0 Å². The van der Waals surface area contributed by atoms with Crippen molar-refractivity contribution in [3.63, 3.8) is 0 Å². The smallest absolute Gasteiger partial charge is 0.263 e. The summed E-state index contributed by atoms with van der Waals surface area (Å²) in [5.41, 5.74) is 11.5. The number of aromatic nitrogens is 2. The van der Waals surface area contributed by atoms with Crippen molar-refractivity contribution in [1.82, 2.24) is 9.55 Å². The molecule has 0 spiro atoms. The molecule has 0 aliphatic rings. The highest BCUT2D eigenvalue weighted by molar-refractivity contribution is 7.17. The lowest BCUT2D eigenvalue weighted by Crippen LogP contribution is -2.24. The molecular formula is C25H25N3O2S. The van der Waals surface area contributed by atoms with Crippen molar-refractivity contribution in [2.75, 3.05) is 0 Å². The van der Waals surface area contributed by atoms with Crippen molar-refractivity contribution in [1.29, 1.82) is 0 Å². The summed E-state index contributed by atoms with van der Waals surface area (Å²) < 4.78 is 1.69. The third-order valence-corrected chi connectivity index (χ3v) is 6.32. The normalized spacial score (nSPS) is 11.2. The van der Waals surface area contributed by atoms with Crippen LogP contribution in [-0.2, 0) is 11.3 Å². The van der Waals surface area contributed by atoms with E-state index < -0.39 is 0 Å². The minimum absolute atomic E-state index is 0.0813. The first-order valence-electron chi connectivity index (χ1n) is 10.3. The Bertz CT molecular complexity index is 1350. The maximum absolute atomic E-state index is 13.7. The Morgan fingerprint density at radius 2 is 1.84 bits per heavy atom. The number of carbonyl (C=O) groups is 1. The first kappa shape index (κ1) is 21.0. The van der Waals surface area contributed by atoms with Crippen LogP contribution in [0.5, 0.6) is 0 Å². The van der Waals surface area contributed by atoms with Gasteiger partial charge in [-0.1, -0.05) is 47.5 Å². The number of hydrogen-bond donors (Lipinski definition) is 1. The Labute approximate surface area is 185 Å². The van der Waals surface area contributed by atoms with Crippen molar-refractivity contribution >= 4 is 27.5 Å². The summed E-state index contributed by atoms with van der Waals surface area (Å²) in [4.78, 5) is 30.6. The van der Waals surface area contributed by atoms with Gasteiger partial charge >= 0.3 is 0 Å². The van der Waals surface area contributed by atoms with Crippen LogP contribution in [0.4, 0.5) is 0 Å². The summed E-state index contributed by atoms with van der Waals surface area (Å²) in [5.74, 6) is 0.255. The zero-order valence-corrected chi connectivity index (χ0v) is 18.8. The molecule has 5 nitrogen and oxygen atoms in total. The van der Waals surface area contributed by atoms with Crippen LogP contribution in [-0.4, -0.2) is 15.5 Å². The van der Waals surface area contributed by atoms with Crippen LogP contribution in [0.3, 0.4) is 0 Å². The molecule has 4 aromatic rings. The number of amides is 1. The summed E-state index contributed by atoms with van der Waals surface area (Å²) in [6, 6.07) is 14.2. The molecule has 4 rings (SSSR count). The summed E-state index contributed by atoms with van der Waals surface area (Å²) in [5, 5.41) is 2.65. The van der Waals surface area contributed by atoms with E-state index >= 15 is 0 Å². The van der Waals surface area contributed by atoms with E-state index in [-0.39, 0.29) is 17.9 Å². The molecule has 158 valence electrons. The van der Waals surface area contributed by atoms with E-state index in [0.717, 1.165) is 32.6 Å². The van der Waals surface area contributed by atoms with Crippen molar-refractivity contribution in [2.24, 2.45) is 5.73 Å².